The van der Waals surface area contributed by atoms with E-state index in [2.05, 4.69) is 4.98 Å². The van der Waals surface area contributed by atoms with Crippen molar-refractivity contribution in [2.75, 3.05) is 19.0 Å². The van der Waals surface area contributed by atoms with Gasteiger partial charge in [0.2, 0.25) is 0 Å². The van der Waals surface area contributed by atoms with E-state index >= 15 is 0 Å². The maximum atomic E-state index is 12.2. The topological polar surface area (TPSA) is 49.2 Å². The second kappa shape index (κ2) is 9.31. The van der Waals surface area contributed by atoms with Crippen LogP contribution >= 0.6 is 23.2 Å². The molecular formula is C29H23Cl2N3O. The predicted octanol–water partition coefficient (Wildman–Crippen LogP) is 6.95. The molecule has 3 aromatic carbocycles. The Kier molecular flexibility index (Phi) is 6.20. The number of rotatable bonds is 5. The monoisotopic (exact) mass is 499 g/mol. The minimum Gasteiger partial charge on any atom is -0.376 e. The third kappa shape index (κ3) is 4.14. The number of pyridine rings is 2. The van der Waals surface area contributed by atoms with Gasteiger partial charge in [-0.3, -0.25) is 4.98 Å². The van der Waals surface area contributed by atoms with Crippen LogP contribution < -0.4 is 4.90 Å². The van der Waals surface area contributed by atoms with Crippen molar-refractivity contribution in [1.82, 2.24) is 9.97 Å². The number of halogens is 2. The number of aromatic nitrogens is 2. The number of aliphatic hydroxyl groups is 1. The van der Waals surface area contributed by atoms with Crippen molar-refractivity contribution >= 4 is 39.9 Å². The second-order valence-electron chi connectivity index (χ2n) is 8.58. The molecule has 6 heteroatoms. The molecule has 0 aliphatic rings. The first-order chi connectivity index (χ1) is 16.9. The first-order valence-corrected chi connectivity index (χ1v) is 11.9. The molecule has 5 rings (SSSR count). The summed E-state index contributed by atoms with van der Waals surface area (Å²) in [5.41, 5.74) is 3.06. The zero-order valence-corrected chi connectivity index (χ0v) is 20.8. The summed E-state index contributed by atoms with van der Waals surface area (Å²) < 4.78 is 0. The summed E-state index contributed by atoms with van der Waals surface area (Å²) >= 11 is 13.2. The van der Waals surface area contributed by atoms with Crippen LogP contribution in [0, 0.1) is 0 Å². The molecule has 1 unspecified atom stereocenters. The molecule has 1 atom stereocenters. The fourth-order valence-electron chi connectivity index (χ4n) is 4.39. The van der Waals surface area contributed by atoms with Gasteiger partial charge in [0.1, 0.15) is 11.4 Å². The molecule has 0 fully saturated rings. The van der Waals surface area contributed by atoms with Gasteiger partial charge in [0.25, 0.3) is 0 Å². The Labute approximate surface area is 214 Å². The van der Waals surface area contributed by atoms with E-state index in [1.54, 1.807) is 24.5 Å². The van der Waals surface area contributed by atoms with Crippen LogP contribution in [0.4, 0.5) is 5.82 Å². The fourth-order valence-corrected chi connectivity index (χ4v) is 4.86. The fraction of sp³-hybridized carbons (Fsp3) is 0.103. The molecule has 2 aromatic heterocycles. The molecule has 0 amide bonds. The maximum Gasteiger partial charge on any atom is 0.142 e. The van der Waals surface area contributed by atoms with Gasteiger partial charge >= 0.3 is 0 Å². The average molecular weight is 500 g/mol. The van der Waals surface area contributed by atoms with Gasteiger partial charge in [-0.05, 0) is 47.0 Å². The van der Waals surface area contributed by atoms with Crippen molar-refractivity contribution in [1.29, 1.82) is 0 Å². The first-order valence-electron chi connectivity index (χ1n) is 11.1. The highest BCUT2D eigenvalue weighted by atomic mass is 35.5. The van der Waals surface area contributed by atoms with Crippen molar-refractivity contribution in [2.24, 2.45) is 0 Å². The molecule has 0 saturated heterocycles. The maximum absolute atomic E-state index is 12.2. The SMILES string of the molecule is CN(C)c1nc2ccc(C(O)(c3ccc(Cl)cc3)c3cccnc3)cc2c(Cl)c1-c1ccccc1. The highest BCUT2D eigenvalue weighted by Gasteiger charge is 2.34. The Balaban J connectivity index is 1.79. The van der Waals surface area contributed by atoms with Crippen molar-refractivity contribution < 1.29 is 5.11 Å². The van der Waals surface area contributed by atoms with Crippen molar-refractivity contribution in [3.63, 3.8) is 0 Å². The first kappa shape index (κ1) is 23.3. The molecule has 0 bridgehead atoms. The Bertz CT molecular complexity index is 1490. The third-order valence-electron chi connectivity index (χ3n) is 6.15. The summed E-state index contributed by atoms with van der Waals surface area (Å²) in [5.74, 6) is 0.779. The second-order valence-corrected chi connectivity index (χ2v) is 9.39. The molecular weight excluding hydrogens is 477 g/mol. The molecule has 174 valence electrons. The van der Waals surface area contributed by atoms with Gasteiger partial charge < -0.3 is 10.0 Å². The van der Waals surface area contributed by atoms with E-state index in [1.807, 2.05) is 91.8 Å². The lowest BCUT2D eigenvalue weighted by molar-refractivity contribution is 0.125. The van der Waals surface area contributed by atoms with Gasteiger partial charge in [0.05, 0.1) is 10.5 Å². The largest absolute Gasteiger partial charge is 0.376 e. The van der Waals surface area contributed by atoms with Crippen molar-refractivity contribution in [3.8, 4) is 11.1 Å². The number of benzene rings is 3. The molecule has 0 aliphatic heterocycles. The number of hydrogen-bond acceptors (Lipinski definition) is 4. The minimum absolute atomic E-state index is 0.580. The Morgan fingerprint density at radius 2 is 1.51 bits per heavy atom. The quantitative estimate of drug-likeness (QED) is 0.284. The molecule has 2 heterocycles. The summed E-state index contributed by atoms with van der Waals surface area (Å²) in [5, 5.41) is 14.2. The van der Waals surface area contributed by atoms with Crippen LogP contribution in [-0.4, -0.2) is 29.2 Å². The summed E-state index contributed by atoms with van der Waals surface area (Å²) in [4.78, 5) is 11.1. The standard InChI is InChI=1S/C29H23Cl2N3O/c1-34(2)28-26(19-7-4-3-5-8-19)27(31)24-17-21(12-15-25(24)33-28)29(35,22-9-6-16-32-18-22)20-10-13-23(30)14-11-20/h3-18,35H,1-2H3. The van der Waals surface area contributed by atoms with Gasteiger partial charge in [0.15, 0.2) is 0 Å². The molecule has 4 nitrogen and oxygen atoms in total. The smallest absolute Gasteiger partial charge is 0.142 e. The van der Waals surface area contributed by atoms with E-state index in [9.17, 15) is 5.11 Å². The Morgan fingerprint density at radius 3 is 2.17 bits per heavy atom. The zero-order valence-electron chi connectivity index (χ0n) is 19.3. The van der Waals surface area contributed by atoms with Gasteiger partial charge in [-0.1, -0.05) is 77.8 Å². The van der Waals surface area contributed by atoms with Crippen molar-refractivity contribution in [2.45, 2.75) is 5.60 Å². The van der Waals surface area contributed by atoms with E-state index in [0.29, 0.717) is 26.7 Å². The molecule has 0 radical (unpaired) electrons. The van der Waals surface area contributed by atoms with Crippen LogP contribution in [0.2, 0.25) is 10.0 Å². The van der Waals surface area contributed by atoms with E-state index in [0.717, 1.165) is 27.8 Å². The number of nitrogens with zero attached hydrogens (tertiary/aromatic N) is 3. The molecule has 5 aromatic rings. The highest BCUT2D eigenvalue weighted by molar-refractivity contribution is 6.39. The van der Waals surface area contributed by atoms with Gasteiger partial charge in [-0.25, -0.2) is 4.98 Å². The van der Waals surface area contributed by atoms with Crippen molar-refractivity contribution in [3.05, 3.63) is 124 Å². The number of hydrogen-bond donors (Lipinski definition) is 1. The predicted molar refractivity (Wildman–Crippen MR) is 144 cm³/mol. The van der Waals surface area contributed by atoms with Gasteiger partial charge in [-0.2, -0.15) is 0 Å². The number of fused-ring (bicyclic) bond motifs is 1. The summed E-state index contributed by atoms with van der Waals surface area (Å²) in [6, 6.07) is 26.5. The molecule has 0 spiro atoms. The summed E-state index contributed by atoms with van der Waals surface area (Å²) in [6.45, 7) is 0. The van der Waals surface area contributed by atoms with Crippen LogP contribution in [0.3, 0.4) is 0 Å². The molecule has 35 heavy (non-hydrogen) atoms. The lowest BCUT2D eigenvalue weighted by Gasteiger charge is -2.30. The molecule has 0 aliphatic carbocycles. The highest BCUT2D eigenvalue weighted by Crippen LogP contribution is 2.43. The lowest BCUT2D eigenvalue weighted by Crippen LogP contribution is -2.29. The van der Waals surface area contributed by atoms with Crippen LogP contribution in [0.15, 0.2) is 97.3 Å². The van der Waals surface area contributed by atoms with E-state index in [1.165, 1.54) is 0 Å². The lowest BCUT2D eigenvalue weighted by atomic mass is 9.80. The third-order valence-corrected chi connectivity index (χ3v) is 6.79. The summed E-state index contributed by atoms with van der Waals surface area (Å²) in [7, 11) is 3.90. The van der Waals surface area contributed by atoms with Gasteiger partial charge in [0, 0.05) is 48.0 Å². The Morgan fingerprint density at radius 1 is 0.800 bits per heavy atom. The van der Waals surface area contributed by atoms with Crippen LogP contribution in [-0.2, 0) is 5.60 Å². The van der Waals surface area contributed by atoms with Crippen LogP contribution in [0.1, 0.15) is 16.7 Å². The molecule has 0 saturated carbocycles. The van der Waals surface area contributed by atoms with Gasteiger partial charge in [-0.15, -0.1) is 0 Å². The molecule has 1 N–H and O–H groups in total. The van der Waals surface area contributed by atoms with E-state index in [4.69, 9.17) is 28.2 Å². The normalized spacial score (nSPS) is 12.9. The minimum atomic E-state index is -1.47. The summed E-state index contributed by atoms with van der Waals surface area (Å²) in [6.07, 6.45) is 3.35. The van der Waals surface area contributed by atoms with Crippen LogP contribution in [0.25, 0.3) is 22.0 Å². The number of anilines is 1. The Hall–Kier alpha value is -3.44. The van der Waals surface area contributed by atoms with Crippen LogP contribution in [0.5, 0.6) is 0 Å². The van der Waals surface area contributed by atoms with E-state index in [-0.39, 0.29) is 0 Å². The average Bonchev–Trinajstić information content (AvgIpc) is 2.89. The zero-order chi connectivity index (χ0) is 24.6. The van der Waals surface area contributed by atoms with E-state index < -0.39 is 5.60 Å².